The van der Waals surface area contributed by atoms with Crippen LogP contribution in [0.4, 0.5) is 10.1 Å². The first-order valence-corrected chi connectivity index (χ1v) is 9.15. The zero-order chi connectivity index (χ0) is 19.2. The molecule has 0 fully saturated rings. The summed E-state index contributed by atoms with van der Waals surface area (Å²) in [6.45, 7) is 4.96. The van der Waals surface area contributed by atoms with Gasteiger partial charge in [0.2, 0.25) is 5.91 Å². The summed E-state index contributed by atoms with van der Waals surface area (Å²) in [4.78, 5) is 16.6. The molecule has 1 amide bonds. The summed E-state index contributed by atoms with van der Waals surface area (Å²) in [5.74, 6) is 1.08. The number of halogens is 1. The molecule has 0 atom stereocenters. The number of anilines is 1. The molecule has 0 aliphatic carbocycles. The molecule has 0 radical (unpaired) electrons. The summed E-state index contributed by atoms with van der Waals surface area (Å²) in [6.07, 6.45) is 4.73. The van der Waals surface area contributed by atoms with Crippen LogP contribution in [0.2, 0.25) is 0 Å². The van der Waals surface area contributed by atoms with Gasteiger partial charge in [0, 0.05) is 37.0 Å². The minimum absolute atomic E-state index is 0.0537. The van der Waals surface area contributed by atoms with E-state index in [9.17, 15) is 9.18 Å². The summed E-state index contributed by atoms with van der Waals surface area (Å²) < 4.78 is 15.1. The van der Waals surface area contributed by atoms with Crippen LogP contribution in [0.5, 0.6) is 0 Å². The van der Waals surface area contributed by atoms with Crippen LogP contribution in [0, 0.1) is 5.82 Å². The highest BCUT2D eigenvalue weighted by Gasteiger charge is 2.08. The quantitative estimate of drug-likeness (QED) is 0.656. The van der Waals surface area contributed by atoms with Crippen LogP contribution in [0.15, 0.2) is 60.9 Å². The van der Waals surface area contributed by atoms with E-state index in [4.69, 9.17) is 0 Å². The molecule has 2 aromatic carbocycles. The van der Waals surface area contributed by atoms with E-state index in [0.717, 1.165) is 22.6 Å². The standard InChI is InChI=1S/C22H24FN3O/c1-16(2)22-24-12-13-26(22)15-18-4-3-5-20(14-18)25-21(27)11-8-17-6-9-19(23)10-7-17/h3-7,9-10,12-14,16H,8,11,15H2,1-2H3,(H,25,27). The van der Waals surface area contributed by atoms with E-state index in [1.807, 2.05) is 36.7 Å². The molecule has 0 aliphatic heterocycles. The van der Waals surface area contributed by atoms with E-state index in [1.54, 1.807) is 12.1 Å². The number of benzene rings is 2. The van der Waals surface area contributed by atoms with Gasteiger partial charge in [0.1, 0.15) is 11.6 Å². The fraction of sp³-hybridized carbons (Fsp3) is 0.273. The van der Waals surface area contributed by atoms with Gasteiger partial charge in [-0.3, -0.25) is 4.79 Å². The predicted octanol–water partition coefficient (Wildman–Crippen LogP) is 4.77. The first-order chi connectivity index (χ1) is 13.0. The van der Waals surface area contributed by atoms with E-state index in [0.29, 0.717) is 25.3 Å². The first kappa shape index (κ1) is 18.8. The van der Waals surface area contributed by atoms with Crippen molar-refractivity contribution in [1.29, 1.82) is 0 Å². The number of hydrogen-bond donors (Lipinski definition) is 1. The maximum absolute atomic E-state index is 12.9. The van der Waals surface area contributed by atoms with Gasteiger partial charge in [-0.1, -0.05) is 38.1 Å². The van der Waals surface area contributed by atoms with E-state index < -0.39 is 0 Å². The van der Waals surface area contributed by atoms with Gasteiger partial charge < -0.3 is 9.88 Å². The second kappa shape index (κ2) is 8.62. The van der Waals surface area contributed by atoms with Crippen molar-refractivity contribution in [3.05, 3.63) is 83.7 Å². The molecule has 0 bridgehead atoms. The van der Waals surface area contributed by atoms with Gasteiger partial charge in [-0.2, -0.15) is 0 Å². The molecule has 1 N–H and O–H groups in total. The number of aryl methyl sites for hydroxylation is 1. The second-order valence-corrected chi connectivity index (χ2v) is 6.94. The fourth-order valence-corrected chi connectivity index (χ4v) is 3.03. The smallest absolute Gasteiger partial charge is 0.224 e. The number of rotatable bonds is 7. The average Bonchev–Trinajstić information content (AvgIpc) is 3.10. The summed E-state index contributed by atoms with van der Waals surface area (Å²) >= 11 is 0. The molecule has 1 heterocycles. The van der Waals surface area contributed by atoms with Crippen molar-refractivity contribution in [3.8, 4) is 0 Å². The summed E-state index contributed by atoms with van der Waals surface area (Å²) in [5.41, 5.74) is 2.83. The Hall–Kier alpha value is -2.95. The fourth-order valence-electron chi connectivity index (χ4n) is 3.03. The third-order valence-corrected chi connectivity index (χ3v) is 4.38. The van der Waals surface area contributed by atoms with E-state index in [1.165, 1.54) is 12.1 Å². The molecule has 0 aliphatic rings. The maximum Gasteiger partial charge on any atom is 0.224 e. The van der Waals surface area contributed by atoms with Gasteiger partial charge in [0.15, 0.2) is 0 Å². The molecular weight excluding hydrogens is 341 g/mol. The molecule has 0 spiro atoms. The molecule has 4 nitrogen and oxygen atoms in total. The lowest BCUT2D eigenvalue weighted by Gasteiger charge is -2.12. The summed E-state index contributed by atoms with van der Waals surface area (Å²) in [7, 11) is 0. The monoisotopic (exact) mass is 365 g/mol. The highest BCUT2D eigenvalue weighted by molar-refractivity contribution is 5.90. The molecule has 3 rings (SSSR count). The number of carbonyl (C=O) groups is 1. The number of nitrogens with one attached hydrogen (secondary N) is 1. The maximum atomic E-state index is 12.9. The number of carbonyl (C=O) groups excluding carboxylic acids is 1. The van der Waals surface area contributed by atoms with Crippen molar-refractivity contribution in [1.82, 2.24) is 9.55 Å². The van der Waals surface area contributed by atoms with Gasteiger partial charge in [-0.05, 0) is 41.8 Å². The second-order valence-electron chi connectivity index (χ2n) is 6.94. The number of aromatic nitrogens is 2. The van der Waals surface area contributed by atoms with Gasteiger partial charge in [-0.25, -0.2) is 9.37 Å². The topological polar surface area (TPSA) is 46.9 Å². The van der Waals surface area contributed by atoms with Crippen LogP contribution in [0.1, 0.15) is 43.1 Å². The van der Waals surface area contributed by atoms with Crippen LogP contribution in [0.25, 0.3) is 0 Å². The minimum atomic E-state index is -0.265. The Labute approximate surface area is 159 Å². The van der Waals surface area contributed by atoms with Crippen molar-refractivity contribution < 1.29 is 9.18 Å². The third-order valence-electron chi connectivity index (χ3n) is 4.38. The van der Waals surface area contributed by atoms with Crippen LogP contribution < -0.4 is 5.32 Å². The van der Waals surface area contributed by atoms with Crippen molar-refractivity contribution in [3.63, 3.8) is 0 Å². The Bertz CT molecular complexity index is 900. The highest BCUT2D eigenvalue weighted by atomic mass is 19.1. The molecule has 0 unspecified atom stereocenters. The Morgan fingerprint density at radius 2 is 1.93 bits per heavy atom. The summed E-state index contributed by atoms with van der Waals surface area (Å²) in [6, 6.07) is 14.1. The minimum Gasteiger partial charge on any atom is -0.330 e. The third kappa shape index (κ3) is 5.26. The molecule has 0 saturated carbocycles. The lowest BCUT2D eigenvalue weighted by molar-refractivity contribution is -0.116. The number of hydrogen-bond acceptors (Lipinski definition) is 2. The normalized spacial score (nSPS) is 11.0. The predicted molar refractivity (Wildman–Crippen MR) is 105 cm³/mol. The van der Waals surface area contributed by atoms with Gasteiger partial charge >= 0.3 is 0 Å². The van der Waals surface area contributed by atoms with Crippen LogP contribution >= 0.6 is 0 Å². The largest absolute Gasteiger partial charge is 0.330 e. The molecule has 0 saturated heterocycles. The van der Waals surface area contributed by atoms with Crippen LogP contribution in [-0.2, 0) is 17.8 Å². The van der Waals surface area contributed by atoms with Crippen molar-refractivity contribution in [2.45, 2.75) is 39.2 Å². The molecule has 3 aromatic rings. The zero-order valence-electron chi connectivity index (χ0n) is 15.7. The molecule has 1 aromatic heterocycles. The van der Waals surface area contributed by atoms with Crippen LogP contribution in [-0.4, -0.2) is 15.5 Å². The van der Waals surface area contributed by atoms with Gasteiger partial charge in [-0.15, -0.1) is 0 Å². The Morgan fingerprint density at radius 1 is 1.15 bits per heavy atom. The molecule has 5 heteroatoms. The Balaban J connectivity index is 1.59. The first-order valence-electron chi connectivity index (χ1n) is 9.15. The average molecular weight is 365 g/mol. The van der Waals surface area contributed by atoms with E-state index in [-0.39, 0.29) is 11.7 Å². The summed E-state index contributed by atoms with van der Waals surface area (Å²) in [5, 5.41) is 2.94. The molecule has 27 heavy (non-hydrogen) atoms. The van der Waals surface area contributed by atoms with Gasteiger partial charge in [0.25, 0.3) is 0 Å². The van der Waals surface area contributed by atoms with Crippen molar-refractivity contribution >= 4 is 11.6 Å². The number of imidazole rings is 1. The zero-order valence-corrected chi connectivity index (χ0v) is 15.7. The van der Waals surface area contributed by atoms with E-state index in [2.05, 4.69) is 28.7 Å². The SMILES string of the molecule is CC(C)c1nccn1Cc1cccc(NC(=O)CCc2ccc(F)cc2)c1. The Morgan fingerprint density at radius 3 is 2.67 bits per heavy atom. The van der Waals surface area contributed by atoms with Gasteiger partial charge in [0.05, 0.1) is 0 Å². The lowest BCUT2D eigenvalue weighted by Crippen LogP contribution is -2.13. The Kier molecular flexibility index (Phi) is 6.01. The molecule has 140 valence electrons. The van der Waals surface area contributed by atoms with Crippen molar-refractivity contribution in [2.24, 2.45) is 0 Å². The number of nitrogens with zero attached hydrogens (tertiary/aromatic N) is 2. The lowest BCUT2D eigenvalue weighted by atomic mass is 10.1. The van der Waals surface area contributed by atoms with Crippen LogP contribution in [0.3, 0.4) is 0 Å². The molecular formula is C22H24FN3O. The highest BCUT2D eigenvalue weighted by Crippen LogP contribution is 2.17. The van der Waals surface area contributed by atoms with E-state index >= 15 is 0 Å². The van der Waals surface area contributed by atoms with Crippen molar-refractivity contribution in [2.75, 3.05) is 5.32 Å². The number of amides is 1.